The molecule has 6 nitrogen and oxygen atoms in total. The Balaban J connectivity index is 2.25. The summed E-state index contributed by atoms with van der Waals surface area (Å²) in [7, 11) is 1.97. The van der Waals surface area contributed by atoms with Gasteiger partial charge in [-0.3, -0.25) is 4.90 Å². The van der Waals surface area contributed by atoms with Crippen molar-refractivity contribution in [1.29, 1.82) is 0 Å². The van der Waals surface area contributed by atoms with Gasteiger partial charge in [0.25, 0.3) is 0 Å². The van der Waals surface area contributed by atoms with Crippen molar-refractivity contribution < 1.29 is 14.3 Å². The molecule has 0 radical (unpaired) electrons. The normalized spacial score (nSPS) is 12.9. The molecule has 3 N–H and O–H groups in total. The zero-order valence-corrected chi connectivity index (χ0v) is 15.2. The summed E-state index contributed by atoms with van der Waals surface area (Å²) in [4.78, 5) is 13.8. The third kappa shape index (κ3) is 8.86. The van der Waals surface area contributed by atoms with E-state index in [0.29, 0.717) is 26.3 Å². The molecule has 0 saturated carbocycles. The quantitative estimate of drug-likeness (QED) is 0.674. The van der Waals surface area contributed by atoms with Crippen molar-refractivity contribution >= 4 is 6.09 Å². The van der Waals surface area contributed by atoms with E-state index in [9.17, 15) is 4.79 Å². The topological polar surface area (TPSA) is 76.8 Å². The summed E-state index contributed by atoms with van der Waals surface area (Å²) in [6.07, 6.45) is -0.422. The lowest BCUT2D eigenvalue weighted by molar-refractivity contribution is 0.0501. The number of alkyl carbamates (subject to hydrolysis) is 1. The second-order valence-electron chi connectivity index (χ2n) is 6.79. The van der Waals surface area contributed by atoms with E-state index in [1.165, 1.54) is 0 Å². The summed E-state index contributed by atoms with van der Waals surface area (Å²) >= 11 is 0. The molecule has 0 aromatic heterocycles. The summed E-state index contributed by atoms with van der Waals surface area (Å²) in [5.74, 6) is 0. The first-order chi connectivity index (χ1) is 11.3. The van der Waals surface area contributed by atoms with Crippen LogP contribution in [0.1, 0.15) is 26.3 Å². The van der Waals surface area contributed by atoms with Gasteiger partial charge in [0.2, 0.25) is 0 Å². The number of benzene rings is 1. The van der Waals surface area contributed by atoms with Crippen molar-refractivity contribution in [2.24, 2.45) is 5.73 Å². The summed E-state index contributed by atoms with van der Waals surface area (Å²) in [6, 6.07) is 10.1. The highest BCUT2D eigenvalue weighted by atomic mass is 16.6. The first-order valence-corrected chi connectivity index (χ1v) is 8.30. The summed E-state index contributed by atoms with van der Waals surface area (Å²) < 4.78 is 10.9. The third-order valence-corrected chi connectivity index (χ3v) is 3.48. The van der Waals surface area contributed by atoms with E-state index < -0.39 is 11.7 Å². The molecule has 0 aliphatic heterocycles. The molecular formula is C18H31N3O3. The van der Waals surface area contributed by atoms with Crippen LogP contribution in [0.15, 0.2) is 30.3 Å². The highest BCUT2D eigenvalue weighted by Crippen LogP contribution is 2.06. The number of carbonyl (C=O) groups excluding carboxylic acids is 1. The minimum Gasteiger partial charge on any atom is -0.444 e. The smallest absolute Gasteiger partial charge is 0.407 e. The summed E-state index contributed by atoms with van der Waals surface area (Å²) in [6.45, 7) is 8.35. The Morgan fingerprint density at radius 1 is 1.29 bits per heavy atom. The number of likely N-dealkylation sites (N-methyl/N-ethyl adjacent to an activating group) is 1. The molecule has 0 aliphatic rings. The van der Waals surface area contributed by atoms with Gasteiger partial charge in [-0.2, -0.15) is 0 Å². The average molecular weight is 337 g/mol. The first-order valence-electron chi connectivity index (χ1n) is 8.30. The van der Waals surface area contributed by atoms with E-state index in [2.05, 4.69) is 10.2 Å². The van der Waals surface area contributed by atoms with Crippen LogP contribution in [0.25, 0.3) is 0 Å². The molecule has 0 bridgehead atoms. The number of rotatable bonds is 9. The van der Waals surface area contributed by atoms with Gasteiger partial charge in [-0.05, 0) is 33.4 Å². The lowest BCUT2D eigenvalue weighted by Crippen LogP contribution is -2.48. The molecule has 1 amide bonds. The van der Waals surface area contributed by atoms with Crippen LogP contribution < -0.4 is 11.1 Å². The zero-order valence-electron chi connectivity index (χ0n) is 15.2. The maximum absolute atomic E-state index is 11.7. The van der Waals surface area contributed by atoms with E-state index in [1.54, 1.807) is 0 Å². The van der Waals surface area contributed by atoms with Crippen molar-refractivity contribution in [2.45, 2.75) is 39.0 Å². The van der Waals surface area contributed by atoms with Crippen LogP contribution in [0.5, 0.6) is 0 Å². The first kappa shape index (κ1) is 20.4. The number of hydrogen-bond donors (Lipinski definition) is 2. The number of hydrogen-bond acceptors (Lipinski definition) is 5. The van der Waals surface area contributed by atoms with Gasteiger partial charge in [0.15, 0.2) is 0 Å². The highest BCUT2D eigenvalue weighted by molar-refractivity contribution is 5.67. The average Bonchev–Trinajstić information content (AvgIpc) is 2.51. The molecule has 1 unspecified atom stereocenters. The second kappa shape index (κ2) is 10.3. The van der Waals surface area contributed by atoms with Crippen molar-refractivity contribution in [3.8, 4) is 0 Å². The van der Waals surface area contributed by atoms with E-state index >= 15 is 0 Å². The van der Waals surface area contributed by atoms with Crippen LogP contribution in [0.2, 0.25) is 0 Å². The van der Waals surface area contributed by atoms with Gasteiger partial charge in [0, 0.05) is 25.7 Å². The Morgan fingerprint density at radius 2 is 1.96 bits per heavy atom. The molecular weight excluding hydrogens is 306 g/mol. The lowest BCUT2D eigenvalue weighted by Gasteiger charge is -2.27. The number of nitrogens with zero attached hydrogens (tertiary/aromatic N) is 1. The maximum atomic E-state index is 11.7. The van der Waals surface area contributed by atoms with Crippen molar-refractivity contribution in [2.75, 3.05) is 33.3 Å². The molecule has 0 aliphatic carbocycles. The van der Waals surface area contributed by atoms with Crippen molar-refractivity contribution in [3.05, 3.63) is 35.9 Å². The maximum Gasteiger partial charge on any atom is 0.407 e. The fourth-order valence-electron chi connectivity index (χ4n) is 2.09. The Hall–Kier alpha value is -1.63. The van der Waals surface area contributed by atoms with Gasteiger partial charge in [-0.1, -0.05) is 30.3 Å². The van der Waals surface area contributed by atoms with Crippen LogP contribution in [-0.4, -0.2) is 55.9 Å². The molecule has 1 rings (SSSR count). The van der Waals surface area contributed by atoms with Gasteiger partial charge >= 0.3 is 6.09 Å². The van der Waals surface area contributed by atoms with Crippen LogP contribution in [0.4, 0.5) is 4.79 Å². The largest absolute Gasteiger partial charge is 0.444 e. The van der Waals surface area contributed by atoms with Gasteiger partial charge in [-0.25, -0.2) is 4.79 Å². The molecule has 24 heavy (non-hydrogen) atoms. The standard InChI is InChI=1S/C18H31N3O3/c1-18(2,3)24-17(22)20-13-16(12-19)21(4)10-11-23-14-15-8-6-5-7-9-15/h5-9,16H,10-14,19H2,1-4H3,(H,20,22). The lowest BCUT2D eigenvalue weighted by atomic mass is 10.2. The minimum atomic E-state index is -0.501. The predicted octanol–water partition coefficient (Wildman–Crippen LogP) is 1.99. The van der Waals surface area contributed by atoms with E-state index in [4.69, 9.17) is 15.2 Å². The SMILES string of the molecule is CN(CCOCc1ccccc1)C(CN)CNC(=O)OC(C)(C)C. The van der Waals surface area contributed by atoms with Crippen LogP contribution in [0.3, 0.4) is 0 Å². The fourth-order valence-corrected chi connectivity index (χ4v) is 2.09. The number of carbonyl (C=O) groups is 1. The van der Waals surface area contributed by atoms with E-state index in [-0.39, 0.29) is 6.04 Å². The molecule has 1 aromatic carbocycles. The summed E-state index contributed by atoms with van der Waals surface area (Å²) in [5, 5.41) is 2.76. The number of ether oxygens (including phenoxy) is 2. The zero-order chi connectivity index (χ0) is 18.0. The van der Waals surface area contributed by atoms with Gasteiger partial charge in [0.1, 0.15) is 5.60 Å². The number of nitrogens with one attached hydrogen (secondary N) is 1. The molecule has 1 aromatic rings. The molecule has 136 valence electrons. The van der Waals surface area contributed by atoms with Crippen LogP contribution in [0, 0.1) is 0 Å². The predicted molar refractivity (Wildman–Crippen MR) is 95.8 cm³/mol. The molecule has 6 heteroatoms. The minimum absolute atomic E-state index is 0.0397. The number of amides is 1. The van der Waals surface area contributed by atoms with Gasteiger partial charge in [-0.15, -0.1) is 0 Å². The monoisotopic (exact) mass is 337 g/mol. The third-order valence-electron chi connectivity index (χ3n) is 3.48. The van der Waals surface area contributed by atoms with Crippen LogP contribution >= 0.6 is 0 Å². The molecule has 1 atom stereocenters. The molecule has 0 heterocycles. The Bertz CT molecular complexity index is 474. The van der Waals surface area contributed by atoms with E-state index in [1.807, 2.05) is 58.2 Å². The molecule has 0 fully saturated rings. The van der Waals surface area contributed by atoms with E-state index in [0.717, 1.165) is 12.1 Å². The molecule has 0 spiro atoms. The molecule has 0 saturated heterocycles. The van der Waals surface area contributed by atoms with Crippen molar-refractivity contribution in [3.63, 3.8) is 0 Å². The Morgan fingerprint density at radius 3 is 2.54 bits per heavy atom. The Kier molecular flexibility index (Phi) is 8.74. The fraction of sp³-hybridized carbons (Fsp3) is 0.611. The number of nitrogens with two attached hydrogens (primary N) is 1. The van der Waals surface area contributed by atoms with Crippen molar-refractivity contribution in [1.82, 2.24) is 10.2 Å². The Labute approximate surface area is 145 Å². The highest BCUT2D eigenvalue weighted by Gasteiger charge is 2.18. The van der Waals surface area contributed by atoms with Gasteiger partial charge in [0.05, 0.1) is 13.2 Å². The van der Waals surface area contributed by atoms with Crippen LogP contribution in [-0.2, 0) is 16.1 Å². The summed E-state index contributed by atoms with van der Waals surface area (Å²) in [5.41, 5.74) is 6.46. The van der Waals surface area contributed by atoms with Gasteiger partial charge < -0.3 is 20.5 Å². The second-order valence-corrected chi connectivity index (χ2v) is 6.79.